The Morgan fingerprint density at radius 3 is 2.53 bits per heavy atom. The van der Waals surface area contributed by atoms with Crippen molar-refractivity contribution in [2.24, 2.45) is 5.73 Å². The molecule has 0 aliphatic carbocycles. The van der Waals surface area contributed by atoms with Crippen LogP contribution in [-0.2, 0) is 0 Å². The van der Waals surface area contributed by atoms with Gasteiger partial charge < -0.3 is 5.73 Å². The second-order valence-corrected chi connectivity index (χ2v) is 4.11. The van der Waals surface area contributed by atoms with Crippen molar-refractivity contribution in [2.45, 2.75) is 13.8 Å². The number of carbonyl (C=O) groups excluding carboxylic acids is 1. The Morgan fingerprint density at radius 2 is 1.94 bits per heavy atom. The van der Waals surface area contributed by atoms with Crippen LogP contribution in [0, 0.1) is 13.8 Å². The van der Waals surface area contributed by atoms with Crippen LogP contribution in [0.3, 0.4) is 0 Å². The van der Waals surface area contributed by atoms with Gasteiger partial charge in [-0.05, 0) is 37.1 Å². The predicted octanol–water partition coefficient (Wildman–Crippen LogP) is 2.46. The molecule has 1 aromatic heterocycles. The molecule has 3 heteroatoms. The molecule has 0 saturated carbocycles. The fraction of sp³-hybridized carbons (Fsp3) is 0.143. The summed E-state index contributed by atoms with van der Waals surface area (Å²) in [5.41, 5.74) is 9.61. The van der Waals surface area contributed by atoms with E-state index in [-0.39, 0.29) is 0 Å². The maximum absolute atomic E-state index is 11.3. The topological polar surface area (TPSA) is 56.0 Å². The number of hydrogen-bond donors (Lipinski definition) is 1. The molecule has 0 radical (unpaired) electrons. The summed E-state index contributed by atoms with van der Waals surface area (Å²) in [5, 5.41) is 0. The molecular weight excluding hydrogens is 212 g/mol. The first kappa shape index (κ1) is 11.3. The molecule has 0 saturated heterocycles. The molecule has 0 spiro atoms. The van der Waals surface area contributed by atoms with Crippen molar-refractivity contribution in [3.05, 3.63) is 53.2 Å². The molecule has 2 N–H and O–H groups in total. The van der Waals surface area contributed by atoms with Crippen LogP contribution in [0.1, 0.15) is 21.5 Å². The summed E-state index contributed by atoms with van der Waals surface area (Å²) in [6, 6.07) is 9.54. The standard InChI is InChI=1S/C14H14N2O/c1-9-3-6-13(16-8-9)11-5-4-10(2)12(7-11)14(15)17/h3-8H,1-2H3,(H2,15,17). The molecular formula is C14H14N2O. The number of aromatic nitrogens is 1. The van der Waals surface area contributed by atoms with Crippen LogP contribution in [0.4, 0.5) is 0 Å². The zero-order valence-electron chi connectivity index (χ0n) is 9.90. The first-order chi connectivity index (χ1) is 8.08. The second-order valence-electron chi connectivity index (χ2n) is 4.11. The molecule has 86 valence electrons. The molecule has 0 bridgehead atoms. The van der Waals surface area contributed by atoms with E-state index in [1.807, 2.05) is 38.1 Å². The van der Waals surface area contributed by atoms with E-state index >= 15 is 0 Å². The number of amides is 1. The van der Waals surface area contributed by atoms with Gasteiger partial charge in [0.25, 0.3) is 0 Å². The maximum atomic E-state index is 11.3. The van der Waals surface area contributed by atoms with E-state index in [0.717, 1.165) is 22.4 Å². The lowest BCUT2D eigenvalue weighted by atomic mass is 10.0. The van der Waals surface area contributed by atoms with Crippen LogP contribution in [0.25, 0.3) is 11.3 Å². The van der Waals surface area contributed by atoms with Crippen molar-refractivity contribution in [3.8, 4) is 11.3 Å². The van der Waals surface area contributed by atoms with Gasteiger partial charge in [-0.2, -0.15) is 0 Å². The largest absolute Gasteiger partial charge is 0.366 e. The number of nitrogens with two attached hydrogens (primary N) is 1. The van der Waals surface area contributed by atoms with Crippen molar-refractivity contribution in [3.63, 3.8) is 0 Å². The minimum Gasteiger partial charge on any atom is -0.366 e. The summed E-state index contributed by atoms with van der Waals surface area (Å²) >= 11 is 0. The minimum absolute atomic E-state index is 0.406. The average Bonchev–Trinajstić information content (AvgIpc) is 2.30. The Kier molecular flexibility index (Phi) is 2.91. The number of aryl methyl sites for hydroxylation is 2. The van der Waals surface area contributed by atoms with Crippen LogP contribution in [0.5, 0.6) is 0 Å². The minimum atomic E-state index is -0.406. The van der Waals surface area contributed by atoms with Gasteiger partial charge in [0.2, 0.25) is 5.91 Å². The Labute approximate surface area is 100 Å². The third kappa shape index (κ3) is 2.33. The van der Waals surface area contributed by atoms with E-state index in [4.69, 9.17) is 5.73 Å². The molecule has 1 amide bonds. The highest BCUT2D eigenvalue weighted by atomic mass is 16.1. The number of rotatable bonds is 2. The van der Waals surface area contributed by atoms with Gasteiger partial charge in [0.15, 0.2) is 0 Å². The number of pyridine rings is 1. The number of nitrogens with zero attached hydrogens (tertiary/aromatic N) is 1. The molecule has 1 heterocycles. The Bertz CT molecular complexity index is 559. The van der Waals surface area contributed by atoms with Gasteiger partial charge >= 0.3 is 0 Å². The van der Waals surface area contributed by atoms with E-state index in [2.05, 4.69) is 4.98 Å². The Hall–Kier alpha value is -2.16. The highest BCUT2D eigenvalue weighted by Gasteiger charge is 2.07. The lowest BCUT2D eigenvalue weighted by molar-refractivity contribution is 0.1000. The summed E-state index contributed by atoms with van der Waals surface area (Å²) in [6.07, 6.45) is 1.80. The van der Waals surface area contributed by atoms with Gasteiger partial charge in [-0.25, -0.2) is 0 Å². The molecule has 0 fully saturated rings. The van der Waals surface area contributed by atoms with Crippen molar-refractivity contribution in [1.82, 2.24) is 4.98 Å². The smallest absolute Gasteiger partial charge is 0.248 e. The lowest BCUT2D eigenvalue weighted by Crippen LogP contribution is -2.12. The van der Waals surface area contributed by atoms with Gasteiger partial charge in [-0.3, -0.25) is 9.78 Å². The molecule has 1 aromatic carbocycles. The third-order valence-corrected chi connectivity index (χ3v) is 2.71. The van der Waals surface area contributed by atoms with Crippen LogP contribution in [0.2, 0.25) is 0 Å². The summed E-state index contributed by atoms with van der Waals surface area (Å²) in [5.74, 6) is -0.406. The van der Waals surface area contributed by atoms with E-state index in [9.17, 15) is 4.79 Å². The quantitative estimate of drug-likeness (QED) is 0.855. The first-order valence-electron chi connectivity index (χ1n) is 5.41. The fourth-order valence-corrected chi connectivity index (χ4v) is 1.69. The maximum Gasteiger partial charge on any atom is 0.248 e. The molecule has 2 rings (SSSR count). The number of hydrogen-bond acceptors (Lipinski definition) is 2. The molecule has 0 aliphatic rings. The normalized spacial score (nSPS) is 10.2. The zero-order chi connectivity index (χ0) is 12.4. The second kappa shape index (κ2) is 4.37. The zero-order valence-corrected chi connectivity index (χ0v) is 9.90. The van der Waals surface area contributed by atoms with E-state index in [0.29, 0.717) is 5.56 Å². The van der Waals surface area contributed by atoms with E-state index < -0.39 is 5.91 Å². The molecule has 3 nitrogen and oxygen atoms in total. The fourth-order valence-electron chi connectivity index (χ4n) is 1.69. The van der Waals surface area contributed by atoms with Gasteiger partial charge in [0.1, 0.15) is 0 Å². The van der Waals surface area contributed by atoms with Gasteiger partial charge in [-0.15, -0.1) is 0 Å². The van der Waals surface area contributed by atoms with Crippen LogP contribution >= 0.6 is 0 Å². The summed E-state index contributed by atoms with van der Waals surface area (Å²) in [4.78, 5) is 15.6. The molecule has 17 heavy (non-hydrogen) atoms. The first-order valence-corrected chi connectivity index (χ1v) is 5.41. The molecule has 2 aromatic rings. The molecule has 0 aliphatic heterocycles. The van der Waals surface area contributed by atoms with Crippen LogP contribution in [-0.4, -0.2) is 10.9 Å². The van der Waals surface area contributed by atoms with E-state index in [1.54, 1.807) is 12.3 Å². The predicted molar refractivity (Wildman–Crippen MR) is 67.7 cm³/mol. The van der Waals surface area contributed by atoms with Crippen molar-refractivity contribution >= 4 is 5.91 Å². The Balaban J connectivity index is 2.50. The van der Waals surface area contributed by atoms with Gasteiger partial charge in [0, 0.05) is 17.3 Å². The van der Waals surface area contributed by atoms with Crippen LogP contribution in [0.15, 0.2) is 36.5 Å². The number of benzene rings is 1. The SMILES string of the molecule is Cc1ccc(-c2ccc(C)c(C(N)=O)c2)nc1. The highest BCUT2D eigenvalue weighted by molar-refractivity contribution is 5.95. The van der Waals surface area contributed by atoms with Crippen molar-refractivity contribution < 1.29 is 4.79 Å². The third-order valence-electron chi connectivity index (χ3n) is 2.71. The monoisotopic (exact) mass is 226 g/mol. The van der Waals surface area contributed by atoms with Crippen molar-refractivity contribution in [1.29, 1.82) is 0 Å². The number of primary amides is 1. The van der Waals surface area contributed by atoms with Gasteiger partial charge in [0.05, 0.1) is 5.69 Å². The number of carbonyl (C=O) groups is 1. The molecule has 0 unspecified atom stereocenters. The average molecular weight is 226 g/mol. The Morgan fingerprint density at radius 1 is 1.18 bits per heavy atom. The molecule has 0 atom stereocenters. The summed E-state index contributed by atoms with van der Waals surface area (Å²) in [6.45, 7) is 3.85. The highest BCUT2D eigenvalue weighted by Crippen LogP contribution is 2.20. The summed E-state index contributed by atoms with van der Waals surface area (Å²) in [7, 11) is 0. The summed E-state index contributed by atoms with van der Waals surface area (Å²) < 4.78 is 0. The van der Waals surface area contributed by atoms with Crippen LogP contribution < -0.4 is 5.73 Å². The van der Waals surface area contributed by atoms with Crippen molar-refractivity contribution in [2.75, 3.05) is 0 Å². The van der Waals surface area contributed by atoms with Gasteiger partial charge in [-0.1, -0.05) is 18.2 Å². The van der Waals surface area contributed by atoms with E-state index in [1.165, 1.54) is 0 Å². The lowest BCUT2D eigenvalue weighted by Gasteiger charge is -2.06.